The van der Waals surface area contributed by atoms with Gasteiger partial charge in [-0.25, -0.2) is 14.4 Å². The molecule has 0 bridgehead atoms. The van der Waals surface area contributed by atoms with Crippen LogP contribution in [0.2, 0.25) is 0 Å². The Labute approximate surface area is 114 Å². The molecule has 20 heavy (non-hydrogen) atoms. The van der Waals surface area contributed by atoms with Crippen LogP contribution in [0.3, 0.4) is 0 Å². The second-order valence-electron chi connectivity index (χ2n) is 4.51. The molecule has 0 amide bonds. The van der Waals surface area contributed by atoms with Gasteiger partial charge < -0.3 is 9.47 Å². The topological polar surface area (TPSA) is 69.7 Å². The van der Waals surface area contributed by atoms with E-state index in [0.29, 0.717) is 16.3 Å². The third-order valence-electron chi connectivity index (χ3n) is 3.40. The molecule has 0 saturated heterocycles. The van der Waals surface area contributed by atoms with Gasteiger partial charge in [0.25, 0.3) is 0 Å². The van der Waals surface area contributed by atoms with Crippen molar-refractivity contribution in [3.8, 4) is 0 Å². The molecule has 0 radical (unpaired) electrons. The van der Waals surface area contributed by atoms with Gasteiger partial charge in [0.2, 0.25) is 0 Å². The Morgan fingerprint density at radius 2 is 1.60 bits per heavy atom. The van der Waals surface area contributed by atoms with E-state index in [1.807, 2.05) is 0 Å². The van der Waals surface area contributed by atoms with Crippen LogP contribution >= 0.6 is 0 Å². The lowest BCUT2D eigenvalue weighted by Crippen LogP contribution is -2.20. The number of rotatable bonds is 1. The Hall–Kier alpha value is -2.69. The lowest BCUT2D eigenvalue weighted by Gasteiger charge is -2.18. The van der Waals surface area contributed by atoms with E-state index in [1.54, 1.807) is 19.1 Å². The normalized spacial score (nSPS) is 13.3. The largest absolute Gasteiger partial charge is 0.465 e. The van der Waals surface area contributed by atoms with E-state index >= 15 is 0 Å². The first-order valence-electron chi connectivity index (χ1n) is 5.95. The van der Waals surface area contributed by atoms with Crippen LogP contribution in [0, 0.1) is 6.92 Å². The van der Waals surface area contributed by atoms with Gasteiger partial charge in [-0.1, -0.05) is 6.07 Å². The molecule has 0 spiro atoms. The molecule has 0 saturated carbocycles. The summed E-state index contributed by atoms with van der Waals surface area (Å²) in [4.78, 5) is 35.4. The fraction of sp³-hybridized carbons (Fsp3) is 0.133. The maximum absolute atomic E-state index is 11.8. The van der Waals surface area contributed by atoms with Crippen LogP contribution in [0.15, 0.2) is 24.3 Å². The van der Waals surface area contributed by atoms with Gasteiger partial charge in [-0.05, 0) is 30.7 Å². The Bertz CT molecular complexity index is 768. The second-order valence-corrected chi connectivity index (χ2v) is 4.51. The standard InChI is InChI=1S/C15H10O5/c1-7-3-4-9-12-10(15(18)20-14(9)17)6-5-8(11(7)12)13(16)19-2/h3-6H,1-2H3. The van der Waals surface area contributed by atoms with Crippen molar-refractivity contribution in [1.82, 2.24) is 0 Å². The fourth-order valence-corrected chi connectivity index (χ4v) is 2.48. The van der Waals surface area contributed by atoms with E-state index in [0.717, 1.165) is 5.56 Å². The van der Waals surface area contributed by atoms with E-state index in [1.165, 1.54) is 19.2 Å². The van der Waals surface area contributed by atoms with Crippen LogP contribution < -0.4 is 0 Å². The monoisotopic (exact) mass is 270 g/mol. The van der Waals surface area contributed by atoms with Crippen molar-refractivity contribution < 1.29 is 23.9 Å². The minimum atomic E-state index is -0.700. The highest BCUT2D eigenvalue weighted by Crippen LogP contribution is 2.33. The summed E-state index contributed by atoms with van der Waals surface area (Å²) in [7, 11) is 1.28. The van der Waals surface area contributed by atoms with Gasteiger partial charge in [0.1, 0.15) is 0 Å². The fourth-order valence-electron chi connectivity index (χ4n) is 2.48. The van der Waals surface area contributed by atoms with Crippen LogP contribution in [-0.2, 0) is 9.47 Å². The minimum absolute atomic E-state index is 0.283. The smallest absolute Gasteiger partial charge is 0.346 e. The first-order valence-corrected chi connectivity index (χ1v) is 5.95. The number of hydrogen-bond acceptors (Lipinski definition) is 5. The molecule has 100 valence electrons. The quantitative estimate of drug-likeness (QED) is 0.587. The number of hydrogen-bond donors (Lipinski definition) is 0. The third-order valence-corrected chi connectivity index (χ3v) is 3.40. The third kappa shape index (κ3) is 1.53. The molecule has 1 aliphatic heterocycles. The molecule has 5 heteroatoms. The average Bonchev–Trinajstić information content (AvgIpc) is 2.44. The van der Waals surface area contributed by atoms with Gasteiger partial charge in [-0.2, -0.15) is 0 Å². The number of cyclic esters (lactones) is 2. The maximum atomic E-state index is 11.8. The van der Waals surface area contributed by atoms with E-state index in [9.17, 15) is 14.4 Å². The summed E-state index contributed by atoms with van der Waals surface area (Å²) in [6, 6.07) is 6.30. The van der Waals surface area contributed by atoms with Gasteiger partial charge >= 0.3 is 17.9 Å². The molecule has 0 N–H and O–H groups in total. The molecule has 0 fully saturated rings. The molecule has 0 atom stereocenters. The Morgan fingerprint density at radius 1 is 1.00 bits per heavy atom. The molecule has 1 heterocycles. The molecule has 5 nitrogen and oxygen atoms in total. The number of benzene rings is 2. The van der Waals surface area contributed by atoms with Crippen molar-refractivity contribution >= 4 is 28.7 Å². The number of carbonyl (C=O) groups excluding carboxylic acids is 3. The van der Waals surface area contributed by atoms with Gasteiger partial charge in [-0.3, -0.25) is 0 Å². The Kier molecular flexibility index (Phi) is 2.57. The number of carbonyl (C=O) groups is 3. The van der Waals surface area contributed by atoms with Gasteiger partial charge in [0.15, 0.2) is 0 Å². The van der Waals surface area contributed by atoms with Gasteiger partial charge in [0.05, 0.1) is 23.8 Å². The SMILES string of the molecule is COC(=O)c1ccc2c3c(ccc(C)c13)C(=O)OC2=O. The molecule has 0 aliphatic carbocycles. The van der Waals surface area contributed by atoms with Crippen LogP contribution in [0.5, 0.6) is 0 Å². The van der Waals surface area contributed by atoms with Crippen molar-refractivity contribution in [3.63, 3.8) is 0 Å². The van der Waals surface area contributed by atoms with Gasteiger partial charge in [-0.15, -0.1) is 0 Å². The lowest BCUT2D eigenvalue weighted by molar-refractivity contribution is 0.0390. The van der Waals surface area contributed by atoms with Crippen molar-refractivity contribution in [3.05, 3.63) is 46.5 Å². The number of esters is 3. The van der Waals surface area contributed by atoms with Crippen molar-refractivity contribution in [2.24, 2.45) is 0 Å². The zero-order valence-corrected chi connectivity index (χ0v) is 10.9. The molecule has 2 aromatic rings. The van der Waals surface area contributed by atoms with Crippen LogP contribution in [0.4, 0.5) is 0 Å². The van der Waals surface area contributed by atoms with E-state index in [-0.39, 0.29) is 11.1 Å². The summed E-state index contributed by atoms with van der Waals surface area (Å²) in [5.41, 5.74) is 1.68. The van der Waals surface area contributed by atoms with E-state index in [4.69, 9.17) is 4.74 Å². The average molecular weight is 270 g/mol. The summed E-state index contributed by atoms with van der Waals surface area (Å²) in [5.74, 6) is -1.91. The molecular formula is C15H10O5. The summed E-state index contributed by atoms with van der Waals surface area (Å²) in [6.45, 7) is 1.81. The summed E-state index contributed by atoms with van der Waals surface area (Å²) < 4.78 is 9.42. The molecule has 2 aromatic carbocycles. The predicted octanol–water partition coefficient (Wildman–Crippen LogP) is 2.25. The molecule has 0 unspecified atom stereocenters. The van der Waals surface area contributed by atoms with Gasteiger partial charge in [0, 0.05) is 10.8 Å². The first-order chi connectivity index (χ1) is 9.54. The van der Waals surface area contributed by atoms with Crippen LogP contribution in [0.25, 0.3) is 10.8 Å². The second kappa shape index (κ2) is 4.16. The van der Waals surface area contributed by atoms with Crippen LogP contribution in [-0.4, -0.2) is 25.0 Å². The van der Waals surface area contributed by atoms with Crippen LogP contribution in [0.1, 0.15) is 36.6 Å². The zero-order valence-electron chi connectivity index (χ0n) is 10.9. The number of aryl methyl sites for hydroxylation is 1. The summed E-state index contributed by atoms with van der Waals surface area (Å²) in [5, 5.41) is 1.01. The predicted molar refractivity (Wildman–Crippen MR) is 69.8 cm³/mol. The Balaban J connectivity index is 2.51. The first kappa shape index (κ1) is 12.3. The van der Waals surface area contributed by atoms with Crippen molar-refractivity contribution in [2.45, 2.75) is 6.92 Å². The number of methoxy groups -OCH3 is 1. The molecule has 0 aromatic heterocycles. The highest BCUT2D eigenvalue weighted by atomic mass is 16.6. The highest BCUT2D eigenvalue weighted by molar-refractivity contribution is 6.23. The minimum Gasteiger partial charge on any atom is -0.465 e. The molecule has 1 aliphatic rings. The molecular weight excluding hydrogens is 260 g/mol. The number of ether oxygens (including phenoxy) is 2. The van der Waals surface area contributed by atoms with Crippen molar-refractivity contribution in [2.75, 3.05) is 7.11 Å². The van der Waals surface area contributed by atoms with E-state index in [2.05, 4.69) is 4.74 Å². The zero-order chi connectivity index (χ0) is 14.4. The molecule has 3 rings (SSSR count). The lowest BCUT2D eigenvalue weighted by atomic mass is 9.91. The highest BCUT2D eigenvalue weighted by Gasteiger charge is 2.29. The maximum Gasteiger partial charge on any atom is 0.346 e. The summed E-state index contributed by atoms with van der Waals surface area (Å²) in [6.07, 6.45) is 0. The van der Waals surface area contributed by atoms with E-state index < -0.39 is 17.9 Å². The summed E-state index contributed by atoms with van der Waals surface area (Å²) >= 11 is 0. The van der Waals surface area contributed by atoms with Crippen molar-refractivity contribution in [1.29, 1.82) is 0 Å². The Morgan fingerprint density at radius 3 is 2.20 bits per heavy atom.